The largest absolute Gasteiger partial charge is 0.440 e. The number of fused-ring (bicyclic) bond motifs is 3. The Balaban J connectivity index is 1.40. The first-order chi connectivity index (χ1) is 11.5. The van der Waals surface area contributed by atoms with E-state index in [-0.39, 0.29) is 40.9 Å². The molecule has 1 aromatic rings. The predicted molar refractivity (Wildman–Crippen MR) is 87.2 cm³/mol. The number of allylic oxidation sites excluding steroid dienone is 2. The Kier molecular flexibility index (Phi) is 2.55. The molecule has 6 nitrogen and oxygen atoms in total. The van der Waals surface area contributed by atoms with Crippen LogP contribution in [0.2, 0.25) is 0 Å². The SMILES string of the molecule is CN(C)c1ccc(/C=N\N2C(=O)[C@@H]3[C@H](C2=O)[C@H]2C=C[C@H]3C23CC3)o1. The summed E-state index contributed by atoms with van der Waals surface area (Å²) in [5, 5.41) is 5.21. The van der Waals surface area contributed by atoms with Gasteiger partial charge in [-0.15, -0.1) is 0 Å². The Morgan fingerprint density at radius 1 is 1.17 bits per heavy atom. The second-order valence-electron chi connectivity index (χ2n) is 7.52. The smallest absolute Gasteiger partial charge is 0.254 e. The summed E-state index contributed by atoms with van der Waals surface area (Å²) in [6.45, 7) is 0. The Labute approximate surface area is 139 Å². The molecule has 4 atom stereocenters. The van der Waals surface area contributed by atoms with Gasteiger partial charge < -0.3 is 9.32 Å². The first kappa shape index (κ1) is 14.0. The van der Waals surface area contributed by atoms with E-state index < -0.39 is 0 Å². The van der Waals surface area contributed by atoms with Crippen molar-refractivity contribution in [3.8, 4) is 0 Å². The minimum atomic E-state index is -0.207. The second kappa shape index (κ2) is 4.37. The molecule has 0 unspecified atom stereocenters. The van der Waals surface area contributed by atoms with E-state index in [1.54, 1.807) is 6.07 Å². The van der Waals surface area contributed by atoms with Crippen LogP contribution >= 0.6 is 0 Å². The molecule has 1 spiro atoms. The highest BCUT2D eigenvalue weighted by Gasteiger charge is 2.73. The van der Waals surface area contributed by atoms with Crippen LogP contribution in [0.25, 0.3) is 0 Å². The number of carbonyl (C=O) groups excluding carboxylic acids is 2. The van der Waals surface area contributed by atoms with E-state index in [9.17, 15) is 9.59 Å². The van der Waals surface area contributed by atoms with Gasteiger partial charge in [0.25, 0.3) is 11.8 Å². The molecule has 0 aromatic carbocycles. The summed E-state index contributed by atoms with van der Waals surface area (Å²) in [6, 6.07) is 3.60. The number of nitrogens with zero attached hydrogens (tertiary/aromatic N) is 3. The van der Waals surface area contributed by atoms with Gasteiger partial charge in [0.1, 0.15) is 5.76 Å². The van der Waals surface area contributed by atoms with E-state index in [0.29, 0.717) is 11.6 Å². The molecule has 0 radical (unpaired) electrons. The van der Waals surface area contributed by atoms with Crippen molar-refractivity contribution in [3.63, 3.8) is 0 Å². The zero-order valence-electron chi connectivity index (χ0n) is 13.7. The Morgan fingerprint density at radius 3 is 2.29 bits per heavy atom. The summed E-state index contributed by atoms with van der Waals surface area (Å²) in [5.74, 6) is 0.970. The fraction of sp³-hybridized carbons (Fsp3) is 0.500. The fourth-order valence-corrected chi connectivity index (χ4v) is 4.94. The number of amides is 2. The Bertz CT molecular complexity index is 768. The van der Waals surface area contributed by atoms with E-state index in [0.717, 1.165) is 17.9 Å². The molecule has 0 N–H and O–H groups in total. The minimum absolute atomic E-state index is 0.149. The molecule has 4 aliphatic rings. The third kappa shape index (κ3) is 1.58. The van der Waals surface area contributed by atoms with Crippen molar-refractivity contribution < 1.29 is 14.0 Å². The molecule has 2 saturated carbocycles. The number of hydrogen-bond donors (Lipinski definition) is 0. The molecule has 3 aliphatic carbocycles. The molecular formula is C18H19N3O3. The maximum Gasteiger partial charge on any atom is 0.254 e. The molecule has 3 fully saturated rings. The van der Waals surface area contributed by atoms with Crippen molar-refractivity contribution in [1.29, 1.82) is 0 Å². The van der Waals surface area contributed by atoms with Gasteiger partial charge in [0.05, 0.1) is 18.1 Å². The topological polar surface area (TPSA) is 66.1 Å². The van der Waals surface area contributed by atoms with Crippen LogP contribution in [0.15, 0.2) is 33.8 Å². The summed E-state index contributed by atoms with van der Waals surface area (Å²) in [5.41, 5.74) is 0.220. The lowest BCUT2D eigenvalue weighted by molar-refractivity contribution is -0.141. The van der Waals surface area contributed by atoms with E-state index in [4.69, 9.17) is 4.42 Å². The van der Waals surface area contributed by atoms with Crippen LogP contribution in [0.1, 0.15) is 18.6 Å². The monoisotopic (exact) mass is 325 g/mol. The number of hydrogen-bond acceptors (Lipinski definition) is 5. The molecule has 24 heavy (non-hydrogen) atoms. The third-order valence-corrected chi connectivity index (χ3v) is 6.18. The maximum absolute atomic E-state index is 12.8. The van der Waals surface area contributed by atoms with Gasteiger partial charge >= 0.3 is 0 Å². The first-order valence-corrected chi connectivity index (χ1v) is 8.40. The van der Waals surface area contributed by atoms with Crippen LogP contribution in [0.5, 0.6) is 0 Å². The van der Waals surface area contributed by atoms with Gasteiger partial charge in [0, 0.05) is 20.2 Å². The van der Waals surface area contributed by atoms with Crippen molar-refractivity contribution in [2.24, 2.45) is 34.2 Å². The van der Waals surface area contributed by atoms with Crippen molar-refractivity contribution in [1.82, 2.24) is 5.01 Å². The van der Waals surface area contributed by atoms with Gasteiger partial charge in [-0.1, -0.05) is 12.2 Å². The standard InChI is InChI=1S/C18H19N3O3/c1-20(2)13-6-3-10(24-13)9-19-21-16(22)14-11-4-5-12(15(14)17(21)23)18(11)7-8-18/h3-6,9,11-12,14-15H,7-8H2,1-2H3/b19-9-/t11-,12-,14-,15+/m1/s1. The normalized spacial score (nSPS) is 34.8. The molecule has 5 rings (SSSR count). The summed E-state index contributed by atoms with van der Waals surface area (Å²) in [7, 11) is 3.76. The molecule has 6 heteroatoms. The highest BCUT2D eigenvalue weighted by atomic mass is 16.4. The summed E-state index contributed by atoms with van der Waals surface area (Å²) < 4.78 is 5.58. The number of carbonyl (C=O) groups is 2. The average molecular weight is 325 g/mol. The van der Waals surface area contributed by atoms with Crippen LogP contribution in [-0.2, 0) is 9.59 Å². The first-order valence-electron chi connectivity index (χ1n) is 8.40. The van der Waals surface area contributed by atoms with Gasteiger partial charge in [0.2, 0.25) is 0 Å². The molecule has 2 amide bonds. The molecular weight excluding hydrogens is 306 g/mol. The van der Waals surface area contributed by atoms with Crippen molar-refractivity contribution in [2.45, 2.75) is 12.8 Å². The van der Waals surface area contributed by atoms with Crippen LogP contribution < -0.4 is 4.90 Å². The molecule has 2 bridgehead atoms. The van der Waals surface area contributed by atoms with E-state index in [2.05, 4.69) is 17.3 Å². The zero-order valence-corrected chi connectivity index (χ0v) is 13.7. The molecule has 2 heterocycles. The second-order valence-corrected chi connectivity index (χ2v) is 7.52. The van der Waals surface area contributed by atoms with Crippen molar-refractivity contribution in [3.05, 3.63) is 30.0 Å². The van der Waals surface area contributed by atoms with Crippen LogP contribution in [-0.4, -0.2) is 37.1 Å². The van der Waals surface area contributed by atoms with E-state index in [1.807, 2.05) is 25.1 Å². The van der Waals surface area contributed by atoms with Crippen LogP contribution in [0.3, 0.4) is 0 Å². The van der Waals surface area contributed by atoms with Gasteiger partial charge in [-0.3, -0.25) is 9.59 Å². The number of anilines is 1. The fourth-order valence-electron chi connectivity index (χ4n) is 4.94. The lowest BCUT2D eigenvalue weighted by Crippen LogP contribution is -2.30. The summed E-state index contributed by atoms with van der Waals surface area (Å²) in [4.78, 5) is 27.4. The number of hydrazone groups is 1. The van der Waals surface area contributed by atoms with Gasteiger partial charge in [-0.2, -0.15) is 10.1 Å². The minimum Gasteiger partial charge on any atom is -0.440 e. The maximum atomic E-state index is 12.8. The Morgan fingerprint density at radius 2 is 1.79 bits per heavy atom. The number of furan rings is 1. The summed E-state index contributed by atoms with van der Waals surface area (Å²) in [6.07, 6.45) is 8.06. The lowest BCUT2D eigenvalue weighted by Gasteiger charge is -2.18. The predicted octanol–water partition coefficient (Wildman–Crippen LogP) is 1.88. The van der Waals surface area contributed by atoms with E-state index >= 15 is 0 Å². The van der Waals surface area contributed by atoms with Crippen molar-refractivity contribution >= 4 is 23.9 Å². The average Bonchev–Trinajstić information content (AvgIpc) is 2.84. The van der Waals surface area contributed by atoms with Crippen molar-refractivity contribution in [2.75, 3.05) is 19.0 Å². The highest BCUT2D eigenvalue weighted by molar-refractivity contribution is 6.07. The Hall–Kier alpha value is -2.37. The zero-order chi connectivity index (χ0) is 16.6. The van der Waals surface area contributed by atoms with Gasteiger partial charge in [-0.25, -0.2) is 0 Å². The van der Waals surface area contributed by atoms with Gasteiger partial charge in [-0.05, 0) is 36.2 Å². The lowest BCUT2D eigenvalue weighted by atomic mass is 9.85. The van der Waals surface area contributed by atoms with Crippen LogP contribution in [0, 0.1) is 29.1 Å². The molecule has 1 aromatic heterocycles. The summed E-state index contributed by atoms with van der Waals surface area (Å²) >= 11 is 0. The van der Waals surface area contributed by atoms with Crippen LogP contribution in [0.4, 0.5) is 5.88 Å². The van der Waals surface area contributed by atoms with Gasteiger partial charge in [0.15, 0.2) is 5.88 Å². The number of rotatable bonds is 3. The highest BCUT2D eigenvalue weighted by Crippen LogP contribution is 2.73. The quantitative estimate of drug-likeness (QED) is 0.483. The molecule has 1 saturated heterocycles. The third-order valence-electron chi connectivity index (χ3n) is 6.18. The number of imide groups is 1. The molecule has 124 valence electrons. The molecule has 1 aliphatic heterocycles. The van der Waals surface area contributed by atoms with E-state index in [1.165, 1.54) is 6.21 Å².